The molecule has 4 bridgehead atoms. The van der Waals surface area contributed by atoms with E-state index in [1.165, 1.54) is 11.1 Å². The molecule has 0 aromatic heterocycles. The monoisotopic (exact) mass is 383 g/mol. The lowest BCUT2D eigenvalue weighted by molar-refractivity contribution is -0.270. The minimum Gasteiger partial charge on any atom is -0.493 e. The summed E-state index contributed by atoms with van der Waals surface area (Å²) in [6, 6.07) is 4.75. The summed E-state index contributed by atoms with van der Waals surface area (Å²) in [7, 11) is 5.77. The zero-order chi connectivity index (χ0) is 19.5. The average molecular weight is 383 g/mol. The first-order valence-corrected chi connectivity index (χ1v) is 10.6. The van der Waals surface area contributed by atoms with Crippen molar-refractivity contribution in [3.63, 3.8) is 0 Å². The van der Waals surface area contributed by atoms with Crippen molar-refractivity contribution >= 4 is 5.78 Å². The number of piperidine rings is 1. The third-order valence-corrected chi connectivity index (χ3v) is 9.32. The minimum atomic E-state index is -0.535. The Morgan fingerprint density at radius 3 is 2.79 bits per heavy atom. The molecular formula is C23H29NO4. The number of hydrogen-bond acceptors (Lipinski definition) is 5. The third kappa shape index (κ3) is 1.53. The van der Waals surface area contributed by atoms with E-state index in [9.17, 15) is 4.79 Å². The van der Waals surface area contributed by atoms with Crippen LogP contribution < -0.4 is 9.47 Å². The molecular weight excluding hydrogens is 354 g/mol. The molecule has 1 saturated heterocycles. The molecule has 28 heavy (non-hydrogen) atoms. The number of ether oxygens (including phenoxy) is 3. The van der Waals surface area contributed by atoms with Gasteiger partial charge in [0.05, 0.1) is 13.0 Å². The molecule has 4 fully saturated rings. The molecule has 0 N–H and O–H groups in total. The maximum atomic E-state index is 12.8. The molecule has 1 aromatic carbocycles. The maximum absolute atomic E-state index is 12.8. The summed E-state index contributed by atoms with van der Waals surface area (Å²) in [5.41, 5.74) is 2.25. The Balaban J connectivity index is 1.69. The second kappa shape index (κ2) is 5.11. The SMILES string of the molecule is COc1ccc2c3c1OC1[C@@]4(OC)CC[C@@]5(C[C@@H]4C(C)=O)[C@@H](C2)N(C)CC[C@]315. The fraction of sp³-hybridized carbons (Fsp3) is 0.696. The number of rotatable bonds is 3. The zero-order valence-corrected chi connectivity index (χ0v) is 17.2. The van der Waals surface area contributed by atoms with Gasteiger partial charge < -0.3 is 19.1 Å². The standard InChI is InChI=1S/C23H29NO4/c1-13(25)15-12-21-7-8-23(15,27-4)20-22(21)9-10-24(2)17(21)11-14-5-6-16(26-3)19(28-20)18(14)22/h5-6,15,17,20H,7-12H2,1-4H3/t15-,17-,20?,21-,22+,23-/m1/s1. The summed E-state index contributed by atoms with van der Waals surface area (Å²) in [5.74, 6) is 1.89. The predicted molar refractivity (Wildman–Crippen MR) is 104 cm³/mol. The first kappa shape index (κ1) is 17.3. The van der Waals surface area contributed by atoms with E-state index in [1.807, 2.05) is 0 Å². The van der Waals surface area contributed by atoms with Crippen molar-refractivity contribution in [1.82, 2.24) is 4.90 Å². The van der Waals surface area contributed by atoms with Gasteiger partial charge in [-0.2, -0.15) is 0 Å². The summed E-state index contributed by atoms with van der Waals surface area (Å²) < 4.78 is 18.8. The van der Waals surface area contributed by atoms with Crippen LogP contribution in [0.1, 0.15) is 43.7 Å². The summed E-state index contributed by atoms with van der Waals surface area (Å²) in [6.45, 7) is 2.80. The molecule has 6 atom stereocenters. The Labute approximate surface area is 166 Å². The van der Waals surface area contributed by atoms with Gasteiger partial charge in [-0.05, 0) is 64.3 Å². The molecule has 0 amide bonds. The van der Waals surface area contributed by atoms with Crippen molar-refractivity contribution in [3.8, 4) is 11.5 Å². The van der Waals surface area contributed by atoms with Gasteiger partial charge >= 0.3 is 0 Å². The number of ketones is 1. The summed E-state index contributed by atoms with van der Waals surface area (Å²) in [4.78, 5) is 15.4. The average Bonchev–Trinajstić information content (AvgIpc) is 3.07. The second-order valence-corrected chi connectivity index (χ2v) is 9.73. The van der Waals surface area contributed by atoms with Crippen LogP contribution in [0.3, 0.4) is 0 Å². The Morgan fingerprint density at radius 2 is 2.07 bits per heavy atom. The van der Waals surface area contributed by atoms with E-state index in [-0.39, 0.29) is 28.6 Å². The highest BCUT2D eigenvalue weighted by Gasteiger charge is 2.80. The summed E-state index contributed by atoms with van der Waals surface area (Å²) in [5, 5.41) is 0. The number of Topliss-reactive ketones (excluding diaryl/α,β-unsaturated/α-hetero) is 1. The molecule has 1 unspecified atom stereocenters. The molecule has 150 valence electrons. The van der Waals surface area contributed by atoms with E-state index < -0.39 is 5.60 Å². The fourth-order valence-electron chi connectivity index (χ4n) is 8.30. The fourth-order valence-corrected chi connectivity index (χ4v) is 8.30. The molecule has 4 aliphatic carbocycles. The van der Waals surface area contributed by atoms with Gasteiger partial charge in [-0.3, -0.25) is 4.79 Å². The number of benzene rings is 1. The van der Waals surface area contributed by atoms with Crippen LogP contribution in [-0.2, 0) is 21.4 Å². The lowest BCUT2D eigenvalue weighted by Gasteiger charge is -2.73. The number of hydrogen-bond donors (Lipinski definition) is 0. The summed E-state index contributed by atoms with van der Waals surface area (Å²) >= 11 is 0. The normalized spacial score (nSPS) is 44.8. The number of likely N-dealkylation sites (N-methyl/N-ethyl adjacent to an activating group) is 1. The molecule has 7 rings (SSSR count). The number of nitrogens with zero attached hydrogens (tertiary/aromatic N) is 1. The maximum Gasteiger partial charge on any atom is 0.165 e. The van der Waals surface area contributed by atoms with Crippen LogP contribution in [-0.4, -0.2) is 56.2 Å². The van der Waals surface area contributed by atoms with Gasteiger partial charge in [0.15, 0.2) is 11.5 Å². The van der Waals surface area contributed by atoms with Crippen molar-refractivity contribution < 1.29 is 19.0 Å². The quantitative estimate of drug-likeness (QED) is 0.803. The second-order valence-electron chi connectivity index (χ2n) is 9.73. The van der Waals surface area contributed by atoms with Gasteiger partial charge in [0.1, 0.15) is 17.5 Å². The van der Waals surface area contributed by atoms with E-state index in [0.29, 0.717) is 6.04 Å². The Kier molecular flexibility index (Phi) is 3.16. The number of carbonyl (C=O) groups excluding carboxylic acids is 1. The lowest BCUT2D eigenvalue weighted by atomic mass is 9.34. The highest BCUT2D eigenvalue weighted by Crippen LogP contribution is 2.76. The molecule has 5 heteroatoms. The molecule has 1 aromatic rings. The zero-order valence-electron chi connectivity index (χ0n) is 17.2. The highest BCUT2D eigenvalue weighted by atomic mass is 16.6. The van der Waals surface area contributed by atoms with E-state index in [4.69, 9.17) is 14.2 Å². The number of likely N-dealkylation sites (tertiary alicyclic amines) is 1. The van der Waals surface area contributed by atoms with E-state index in [1.54, 1.807) is 21.1 Å². The predicted octanol–water partition coefficient (Wildman–Crippen LogP) is 2.73. The van der Waals surface area contributed by atoms with Gasteiger partial charge in [-0.15, -0.1) is 0 Å². The molecule has 2 spiro atoms. The van der Waals surface area contributed by atoms with Gasteiger partial charge in [0, 0.05) is 29.5 Å². The van der Waals surface area contributed by atoms with Crippen LogP contribution >= 0.6 is 0 Å². The third-order valence-electron chi connectivity index (χ3n) is 9.32. The highest BCUT2D eigenvalue weighted by molar-refractivity contribution is 5.81. The van der Waals surface area contributed by atoms with Crippen LogP contribution in [0.25, 0.3) is 0 Å². The van der Waals surface area contributed by atoms with Crippen molar-refractivity contribution in [2.75, 3.05) is 27.8 Å². The van der Waals surface area contributed by atoms with Crippen molar-refractivity contribution in [1.29, 1.82) is 0 Å². The molecule has 2 heterocycles. The first-order valence-electron chi connectivity index (χ1n) is 10.6. The Bertz CT molecular complexity index is 899. The molecule has 3 saturated carbocycles. The molecule has 0 radical (unpaired) electrons. The van der Waals surface area contributed by atoms with E-state index >= 15 is 0 Å². The smallest absolute Gasteiger partial charge is 0.165 e. The van der Waals surface area contributed by atoms with Crippen LogP contribution in [0.5, 0.6) is 11.5 Å². The molecule has 6 aliphatic rings. The molecule has 5 nitrogen and oxygen atoms in total. The van der Waals surface area contributed by atoms with E-state index in [0.717, 1.165) is 50.1 Å². The minimum absolute atomic E-state index is 0.0676. The Hall–Kier alpha value is -1.59. The Morgan fingerprint density at radius 1 is 1.25 bits per heavy atom. The van der Waals surface area contributed by atoms with Crippen molar-refractivity contribution in [3.05, 3.63) is 23.3 Å². The van der Waals surface area contributed by atoms with Gasteiger partial charge in [0.2, 0.25) is 0 Å². The summed E-state index contributed by atoms with van der Waals surface area (Å²) in [6.07, 6.45) is 4.91. The van der Waals surface area contributed by atoms with Crippen LogP contribution in [0, 0.1) is 11.3 Å². The van der Waals surface area contributed by atoms with Crippen LogP contribution in [0.15, 0.2) is 12.1 Å². The van der Waals surface area contributed by atoms with Crippen LogP contribution in [0.4, 0.5) is 0 Å². The first-order chi connectivity index (χ1) is 13.4. The largest absolute Gasteiger partial charge is 0.493 e. The van der Waals surface area contributed by atoms with E-state index in [2.05, 4.69) is 24.1 Å². The van der Waals surface area contributed by atoms with Gasteiger partial charge in [-0.25, -0.2) is 0 Å². The number of carbonyl (C=O) groups is 1. The number of methoxy groups -OCH3 is 2. The number of fused-ring (bicyclic) bond motifs is 2. The van der Waals surface area contributed by atoms with Gasteiger partial charge in [0.25, 0.3) is 0 Å². The molecule has 2 aliphatic heterocycles. The van der Waals surface area contributed by atoms with Crippen molar-refractivity contribution in [2.24, 2.45) is 11.3 Å². The van der Waals surface area contributed by atoms with Crippen molar-refractivity contribution in [2.45, 2.75) is 62.2 Å². The van der Waals surface area contributed by atoms with Crippen LogP contribution in [0.2, 0.25) is 0 Å². The van der Waals surface area contributed by atoms with Gasteiger partial charge in [-0.1, -0.05) is 6.07 Å². The topological polar surface area (TPSA) is 48.0 Å². The lowest BCUT2D eigenvalue weighted by Crippen LogP contribution is -2.81.